The summed E-state index contributed by atoms with van der Waals surface area (Å²) in [5.74, 6) is 11.6. The average molecular weight is 453 g/mol. The van der Waals surface area contributed by atoms with Gasteiger partial charge < -0.3 is 9.84 Å². The summed E-state index contributed by atoms with van der Waals surface area (Å²) >= 11 is 1.71. The van der Waals surface area contributed by atoms with Crippen LogP contribution in [0.2, 0.25) is 0 Å². The lowest BCUT2D eigenvalue weighted by Gasteiger charge is -2.13. The third-order valence-electron chi connectivity index (χ3n) is 5.03. The Labute approximate surface area is 201 Å². The van der Waals surface area contributed by atoms with Crippen molar-refractivity contribution in [3.8, 4) is 34.8 Å². The number of methoxy groups -OCH3 is 1. The normalized spacial score (nSPS) is 11.6. The first-order chi connectivity index (χ1) is 16.0. The van der Waals surface area contributed by atoms with Crippen LogP contribution in [-0.2, 0) is 4.74 Å². The minimum Gasteiger partial charge on any atom is -0.392 e. The van der Waals surface area contributed by atoms with Gasteiger partial charge in [-0.1, -0.05) is 66.5 Å². The van der Waals surface area contributed by atoms with Crippen molar-refractivity contribution < 1.29 is 9.84 Å². The second kappa shape index (κ2) is 12.0. The first kappa shape index (κ1) is 24.3. The van der Waals surface area contributed by atoms with Crippen molar-refractivity contribution in [2.75, 3.05) is 13.7 Å². The minimum atomic E-state index is -0.510. The van der Waals surface area contributed by atoms with Crippen LogP contribution < -0.4 is 0 Å². The molecule has 33 heavy (non-hydrogen) atoms. The van der Waals surface area contributed by atoms with E-state index in [1.165, 1.54) is 11.1 Å². The molecule has 3 heteroatoms. The lowest BCUT2D eigenvalue weighted by atomic mass is 10.0. The fourth-order valence-corrected chi connectivity index (χ4v) is 3.68. The molecule has 0 saturated heterocycles. The quantitative estimate of drug-likeness (QED) is 0.316. The molecule has 0 amide bonds. The van der Waals surface area contributed by atoms with Crippen molar-refractivity contribution in [2.24, 2.45) is 0 Å². The summed E-state index contributed by atoms with van der Waals surface area (Å²) in [6.45, 7) is 3.74. The van der Waals surface area contributed by atoms with E-state index in [1.807, 2.05) is 32.1 Å². The van der Waals surface area contributed by atoms with E-state index in [4.69, 9.17) is 4.74 Å². The third kappa shape index (κ3) is 7.94. The van der Waals surface area contributed by atoms with Crippen LogP contribution in [0.25, 0.3) is 29.4 Å². The van der Waals surface area contributed by atoms with Crippen molar-refractivity contribution in [3.05, 3.63) is 87.6 Å². The molecule has 1 N–H and O–H groups in total. The summed E-state index contributed by atoms with van der Waals surface area (Å²) < 4.78 is 5.25. The zero-order valence-corrected chi connectivity index (χ0v) is 20.1. The Morgan fingerprint density at radius 1 is 0.970 bits per heavy atom. The van der Waals surface area contributed by atoms with E-state index in [0.29, 0.717) is 6.42 Å². The molecule has 0 spiro atoms. The van der Waals surface area contributed by atoms with Crippen LogP contribution in [-0.4, -0.2) is 24.4 Å². The number of aliphatic hydroxyl groups excluding tert-OH is 1. The monoisotopic (exact) mass is 452 g/mol. The summed E-state index contributed by atoms with van der Waals surface area (Å²) in [6.07, 6.45) is 6.68. The van der Waals surface area contributed by atoms with Crippen LogP contribution >= 0.6 is 11.3 Å². The highest BCUT2D eigenvalue weighted by Crippen LogP contribution is 2.24. The maximum Gasteiger partial charge on any atom is 0.123 e. The van der Waals surface area contributed by atoms with Gasteiger partial charge in [0, 0.05) is 13.5 Å². The van der Waals surface area contributed by atoms with Crippen molar-refractivity contribution in [1.29, 1.82) is 0 Å². The Bertz CT molecular complexity index is 1240. The molecule has 0 radical (unpaired) electrons. The van der Waals surface area contributed by atoms with Gasteiger partial charge in [0.05, 0.1) is 6.61 Å². The number of thiophene rings is 1. The SMILES string of the molecule is COC(C)(C)C#CC#CC/C(=C\c1cccc(/C=C/c2cccc(-c3ccsc3)c2)c1)CO. The lowest BCUT2D eigenvalue weighted by Crippen LogP contribution is -2.18. The number of hydrogen-bond acceptors (Lipinski definition) is 3. The molecule has 2 aromatic carbocycles. The topological polar surface area (TPSA) is 29.5 Å². The van der Waals surface area contributed by atoms with E-state index in [2.05, 4.69) is 89.1 Å². The molecule has 0 atom stereocenters. The third-order valence-corrected chi connectivity index (χ3v) is 5.72. The van der Waals surface area contributed by atoms with Crippen LogP contribution in [0.5, 0.6) is 0 Å². The van der Waals surface area contributed by atoms with Gasteiger partial charge in [-0.25, -0.2) is 0 Å². The molecule has 3 rings (SSSR count). The maximum absolute atomic E-state index is 9.73. The van der Waals surface area contributed by atoms with Crippen molar-refractivity contribution in [3.63, 3.8) is 0 Å². The summed E-state index contributed by atoms with van der Waals surface area (Å²) in [7, 11) is 1.63. The van der Waals surface area contributed by atoms with Crippen molar-refractivity contribution in [1.82, 2.24) is 0 Å². The molecule has 0 saturated carbocycles. The van der Waals surface area contributed by atoms with Gasteiger partial charge >= 0.3 is 0 Å². The molecule has 0 aliphatic carbocycles. The average Bonchev–Trinajstić information content (AvgIpc) is 3.37. The largest absolute Gasteiger partial charge is 0.392 e. The second-order valence-electron chi connectivity index (χ2n) is 8.04. The van der Waals surface area contributed by atoms with Gasteiger partial charge in [0.15, 0.2) is 0 Å². The first-order valence-corrected chi connectivity index (χ1v) is 11.7. The van der Waals surface area contributed by atoms with Gasteiger partial charge in [-0.15, -0.1) is 0 Å². The standard InChI is InChI=1S/C30H28O2S/c1-30(2,32-3)17-6-4-5-9-27(22-31)20-26-12-7-10-24(19-26)14-15-25-11-8-13-28(21-25)29-16-18-33-23-29/h7-8,10-16,18-21,23,31H,9,22H2,1-3H3/b15-14+,27-20+. The number of benzene rings is 2. The summed E-state index contributed by atoms with van der Waals surface area (Å²) in [6, 6.07) is 18.9. The van der Waals surface area contributed by atoms with Gasteiger partial charge in [0.2, 0.25) is 0 Å². The predicted molar refractivity (Wildman–Crippen MR) is 141 cm³/mol. The Morgan fingerprint density at radius 2 is 1.70 bits per heavy atom. The van der Waals surface area contributed by atoms with E-state index in [0.717, 1.165) is 22.3 Å². The molecule has 0 aliphatic heterocycles. The van der Waals surface area contributed by atoms with Crippen LogP contribution in [0, 0.1) is 23.7 Å². The van der Waals surface area contributed by atoms with E-state index in [-0.39, 0.29) is 6.61 Å². The van der Waals surface area contributed by atoms with Crippen LogP contribution in [0.15, 0.2) is 70.9 Å². The fraction of sp³-hybridized carbons (Fsp3) is 0.200. The van der Waals surface area contributed by atoms with E-state index in [1.54, 1.807) is 18.4 Å². The molecule has 0 fully saturated rings. The van der Waals surface area contributed by atoms with Crippen molar-refractivity contribution >= 4 is 29.6 Å². The zero-order chi connectivity index (χ0) is 23.5. The van der Waals surface area contributed by atoms with E-state index in [9.17, 15) is 5.11 Å². The Hall–Kier alpha value is -3.34. The summed E-state index contributed by atoms with van der Waals surface area (Å²) in [5.41, 5.74) is 6.09. The second-order valence-corrected chi connectivity index (χ2v) is 8.82. The molecule has 1 aromatic heterocycles. The molecule has 0 aliphatic rings. The van der Waals surface area contributed by atoms with Gasteiger partial charge in [-0.3, -0.25) is 0 Å². The molecule has 3 aromatic rings. The molecule has 2 nitrogen and oxygen atoms in total. The van der Waals surface area contributed by atoms with Gasteiger partial charge in [0.1, 0.15) is 5.60 Å². The molecular weight excluding hydrogens is 424 g/mol. The van der Waals surface area contributed by atoms with Gasteiger partial charge in [0.25, 0.3) is 0 Å². The Balaban J connectivity index is 1.70. The van der Waals surface area contributed by atoms with Crippen LogP contribution in [0.3, 0.4) is 0 Å². The smallest absolute Gasteiger partial charge is 0.123 e. The highest BCUT2D eigenvalue weighted by molar-refractivity contribution is 7.08. The maximum atomic E-state index is 9.73. The summed E-state index contributed by atoms with van der Waals surface area (Å²) in [5, 5.41) is 14.0. The Morgan fingerprint density at radius 3 is 2.39 bits per heavy atom. The fourth-order valence-electron chi connectivity index (χ4n) is 3.02. The van der Waals surface area contributed by atoms with Gasteiger partial charge in [-0.05, 0) is 88.0 Å². The van der Waals surface area contributed by atoms with Crippen LogP contribution in [0.1, 0.15) is 37.0 Å². The molecule has 166 valence electrons. The predicted octanol–water partition coefficient (Wildman–Crippen LogP) is 6.78. The molecule has 0 bridgehead atoms. The molecular formula is C30H28O2S. The molecule has 1 heterocycles. The van der Waals surface area contributed by atoms with Crippen LogP contribution in [0.4, 0.5) is 0 Å². The minimum absolute atomic E-state index is 0.0406. The van der Waals surface area contributed by atoms with Crippen molar-refractivity contribution in [2.45, 2.75) is 25.9 Å². The number of ether oxygens (including phenoxy) is 1. The Kier molecular flexibility index (Phi) is 8.87. The first-order valence-electron chi connectivity index (χ1n) is 10.8. The zero-order valence-electron chi connectivity index (χ0n) is 19.3. The number of aliphatic hydroxyl groups is 1. The number of rotatable bonds is 7. The highest BCUT2D eigenvalue weighted by atomic mass is 32.1. The van der Waals surface area contributed by atoms with E-state index < -0.39 is 5.60 Å². The highest BCUT2D eigenvalue weighted by Gasteiger charge is 2.10. The van der Waals surface area contributed by atoms with E-state index >= 15 is 0 Å². The summed E-state index contributed by atoms with van der Waals surface area (Å²) in [4.78, 5) is 0. The number of hydrogen-bond donors (Lipinski definition) is 1. The lowest BCUT2D eigenvalue weighted by molar-refractivity contribution is 0.0742. The van der Waals surface area contributed by atoms with Gasteiger partial charge in [-0.2, -0.15) is 11.3 Å². The molecule has 0 unspecified atom stereocenters.